The number of nitrogens with one attached hydrogen (secondary N) is 1. The molecule has 0 bridgehead atoms. The molecule has 0 aliphatic carbocycles. The van der Waals surface area contributed by atoms with Gasteiger partial charge in [0.25, 0.3) is 5.69 Å². The Kier molecular flexibility index (Phi) is 5.27. The van der Waals surface area contributed by atoms with Gasteiger partial charge in [0, 0.05) is 12.6 Å². The van der Waals surface area contributed by atoms with Crippen LogP contribution >= 0.6 is 34.8 Å². The molecule has 0 aliphatic rings. The van der Waals surface area contributed by atoms with Crippen LogP contribution in [0.4, 0.5) is 11.4 Å². The summed E-state index contributed by atoms with van der Waals surface area (Å²) >= 11 is 16.8. The molecule has 8 heteroatoms. The van der Waals surface area contributed by atoms with E-state index in [2.05, 4.69) is 5.32 Å². The second-order valence-corrected chi connectivity index (χ2v) is 4.35. The zero-order valence-electron chi connectivity index (χ0n) is 8.49. The van der Waals surface area contributed by atoms with Gasteiger partial charge in [-0.15, -0.1) is 11.6 Å². The first-order chi connectivity index (χ1) is 7.95. The molecule has 0 aromatic heterocycles. The fourth-order valence-electron chi connectivity index (χ4n) is 1.11. The van der Waals surface area contributed by atoms with Crippen LogP contribution in [0.2, 0.25) is 10.0 Å². The monoisotopic (exact) mass is 298 g/mol. The minimum atomic E-state index is -0.800. The summed E-state index contributed by atoms with van der Waals surface area (Å²) in [6.07, 6.45) is -0.800. The van der Waals surface area contributed by atoms with Gasteiger partial charge < -0.3 is 10.4 Å². The van der Waals surface area contributed by atoms with Crippen LogP contribution in [0.25, 0.3) is 0 Å². The molecule has 0 heterocycles. The summed E-state index contributed by atoms with van der Waals surface area (Å²) in [5, 5.41) is 23.0. The van der Waals surface area contributed by atoms with Crippen molar-refractivity contribution in [2.24, 2.45) is 0 Å². The summed E-state index contributed by atoms with van der Waals surface area (Å²) in [6, 6.07) is 2.49. The van der Waals surface area contributed by atoms with Crippen molar-refractivity contribution >= 4 is 46.2 Å². The second-order valence-electron chi connectivity index (χ2n) is 3.23. The maximum Gasteiger partial charge on any atom is 0.293 e. The Morgan fingerprint density at radius 3 is 2.53 bits per heavy atom. The SMILES string of the molecule is O=[N+]([O-])c1cc(Cl)c(Cl)cc1NCC(O)CCl. The standard InChI is InChI=1S/C9H9Cl3N2O3/c10-3-5(15)4-13-8-1-6(11)7(12)2-9(8)14(16)17/h1-2,5,13,15H,3-4H2. The van der Waals surface area contributed by atoms with E-state index in [0.29, 0.717) is 0 Å². The highest BCUT2D eigenvalue weighted by Gasteiger charge is 2.17. The molecule has 1 aromatic rings. The highest BCUT2D eigenvalue weighted by molar-refractivity contribution is 6.42. The van der Waals surface area contributed by atoms with Crippen molar-refractivity contribution in [3.05, 3.63) is 32.3 Å². The Balaban J connectivity index is 2.96. The molecule has 17 heavy (non-hydrogen) atoms. The minimum absolute atomic E-state index is 0.0299. The summed E-state index contributed by atoms with van der Waals surface area (Å²) in [6.45, 7) is 0.0856. The molecule has 0 radical (unpaired) electrons. The molecule has 0 spiro atoms. The van der Waals surface area contributed by atoms with E-state index in [0.717, 1.165) is 6.07 Å². The number of nitro benzene ring substituents is 1. The van der Waals surface area contributed by atoms with Crippen molar-refractivity contribution in [1.29, 1.82) is 0 Å². The van der Waals surface area contributed by atoms with Gasteiger partial charge in [0.05, 0.1) is 27.0 Å². The Labute approximate surface area is 112 Å². The van der Waals surface area contributed by atoms with E-state index in [1.807, 2.05) is 0 Å². The topological polar surface area (TPSA) is 75.4 Å². The van der Waals surface area contributed by atoms with Gasteiger partial charge in [0.15, 0.2) is 0 Å². The van der Waals surface area contributed by atoms with E-state index < -0.39 is 11.0 Å². The van der Waals surface area contributed by atoms with E-state index in [9.17, 15) is 15.2 Å². The van der Waals surface area contributed by atoms with E-state index in [1.165, 1.54) is 6.07 Å². The van der Waals surface area contributed by atoms with Crippen LogP contribution in [0.3, 0.4) is 0 Å². The lowest BCUT2D eigenvalue weighted by Crippen LogP contribution is -2.21. The predicted molar refractivity (Wildman–Crippen MR) is 68.3 cm³/mol. The Bertz CT molecular complexity index is 428. The number of aliphatic hydroxyl groups is 1. The van der Waals surface area contributed by atoms with Crippen LogP contribution < -0.4 is 5.32 Å². The third-order valence-corrected chi connectivity index (χ3v) is 3.02. The number of aliphatic hydroxyl groups excluding tert-OH is 1. The molecule has 2 N–H and O–H groups in total. The van der Waals surface area contributed by atoms with Gasteiger partial charge in [-0.2, -0.15) is 0 Å². The maximum absolute atomic E-state index is 10.8. The fourth-order valence-corrected chi connectivity index (χ4v) is 1.54. The van der Waals surface area contributed by atoms with Gasteiger partial charge in [-0.1, -0.05) is 23.2 Å². The predicted octanol–water partition coefficient (Wildman–Crippen LogP) is 2.91. The summed E-state index contributed by atoms with van der Waals surface area (Å²) < 4.78 is 0. The Morgan fingerprint density at radius 1 is 1.41 bits per heavy atom. The number of nitrogens with zero attached hydrogens (tertiary/aromatic N) is 1. The number of nitro groups is 1. The molecular formula is C9H9Cl3N2O3. The summed E-state index contributed by atoms with van der Waals surface area (Å²) in [4.78, 5) is 10.2. The molecule has 0 saturated heterocycles. The molecular weight excluding hydrogens is 290 g/mol. The van der Waals surface area contributed by atoms with Crippen molar-refractivity contribution in [3.63, 3.8) is 0 Å². The van der Waals surface area contributed by atoms with E-state index in [4.69, 9.17) is 34.8 Å². The number of benzene rings is 1. The smallest absolute Gasteiger partial charge is 0.293 e. The number of halogens is 3. The molecule has 1 unspecified atom stereocenters. The van der Waals surface area contributed by atoms with Gasteiger partial charge in [0.2, 0.25) is 0 Å². The largest absolute Gasteiger partial charge is 0.390 e. The summed E-state index contributed by atoms with van der Waals surface area (Å²) in [7, 11) is 0. The lowest BCUT2D eigenvalue weighted by Gasteiger charge is -2.11. The van der Waals surface area contributed by atoms with Crippen molar-refractivity contribution in [2.75, 3.05) is 17.7 Å². The van der Waals surface area contributed by atoms with Crippen LogP contribution in [0, 0.1) is 10.1 Å². The highest BCUT2D eigenvalue weighted by atomic mass is 35.5. The van der Waals surface area contributed by atoms with Gasteiger partial charge in [-0.25, -0.2) is 0 Å². The lowest BCUT2D eigenvalue weighted by molar-refractivity contribution is -0.383. The number of rotatable bonds is 5. The first-order valence-corrected chi connectivity index (χ1v) is 5.86. The van der Waals surface area contributed by atoms with E-state index in [-0.39, 0.29) is 33.8 Å². The maximum atomic E-state index is 10.8. The van der Waals surface area contributed by atoms with Crippen molar-refractivity contribution in [2.45, 2.75) is 6.10 Å². The van der Waals surface area contributed by atoms with Crippen LogP contribution in [0.15, 0.2) is 12.1 Å². The lowest BCUT2D eigenvalue weighted by atomic mass is 10.2. The zero-order chi connectivity index (χ0) is 13.0. The summed E-state index contributed by atoms with van der Waals surface area (Å²) in [5.74, 6) is 0.0299. The number of anilines is 1. The van der Waals surface area contributed by atoms with Crippen LogP contribution in [0.1, 0.15) is 0 Å². The van der Waals surface area contributed by atoms with Crippen molar-refractivity contribution in [1.82, 2.24) is 0 Å². The van der Waals surface area contributed by atoms with Gasteiger partial charge in [0.1, 0.15) is 5.69 Å². The third-order valence-electron chi connectivity index (χ3n) is 1.94. The first kappa shape index (κ1) is 14.3. The van der Waals surface area contributed by atoms with Gasteiger partial charge >= 0.3 is 0 Å². The normalized spacial score (nSPS) is 12.2. The summed E-state index contributed by atoms with van der Waals surface area (Å²) in [5.41, 5.74) is -0.0188. The molecule has 94 valence electrons. The van der Waals surface area contributed by atoms with E-state index >= 15 is 0 Å². The average Bonchev–Trinajstić information content (AvgIpc) is 2.29. The quantitative estimate of drug-likeness (QED) is 0.498. The van der Waals surface area contributed by atoms with Crippen LogP contribution in [-0.4, -0.2) is 28.6 Å². The molecule has 0 saturated carbocycles. The molecule has 0 amide bonds. The molecule has 1 rings (SSSR count). The number of hydrogen-bond donors (Lipinski definition) is 2. The molecule has 0 fully saturated rings. The molecule has 1 aromatic carbocycles. The minimum Gasteiger partial charge on any atom is -0.390 e. The van der Waals surface area contributed by atoms with Crippen molar-refractivity contribution < 1.29 is 10.0 Å². The average molecular weight is 300 g/mol. The van der Waals surface area contributed by atoms with Crippen molar-refractivity contribution in [3.8, 4) is 0 Å². The molecule has 0 aliphatic heterocycles. The van der Waals surface area contributed by atoms with E-state index in [1.54, 1.807) is 0 Å². The van der Waals surface area contributed by atoms with Crippen LogP contribution in [-0.2, 0) is 0 Å². The fraction of sp³-hybridized carbons (Fsp3) is 0.333. The highest BCUT2D eigenvalue weighted by Crippen LogP contribution is 2.33. The Hall–Kier alpha value is -0.750. The number of hydrogen-bond acceptors (Lipinski definition) is 4. The zero-order valence-corrected chi connectivity index (χ0v) is 10.8. The molecule has 5 nitrogen and oxygen atoms in total. The van der Waals surface area contributed by atoms with Gasteiger partial charge in [-0.05, 0) is 6.07 Å². The third kappa shape index (κ3) is 3.89. The Morgan fingerprint density at radius 2 is 2.00 bits per heavy atom. The van der Waals surface area contributed by atoms with Gasteiger partial charge in [-0.3, -0.25) is 10.1 Å². The number of alkyl halides is 1. The first-order valence-electron chi connectivity index (χ1n) is 4.57. The molecule has 1 atom stereocenters. The second kappa shape index (κ2) is 6.26. The van der Waals surface area contributed by atoms with Crippen LogP contribution in [0.5, 0.6) is 0 Å².